The van der Waals surface area contributed by atoms with E-state index in [0.29, 0.717) is 5.56 Å². The molecule has 0 bridgehead atoms. The molecule has 5 heteroatoms. The molecule has 1 heterocycles. The van der Waals surface area contributed by atoms with Crippen molar-refractivity contribution < 1.29 is 4.39 Å². The summed E-state index contributed by atoms with van der Waals surface area (Å²) >= 11 is 0. The summed E-state index contributed by atoms with van der Waals surface area (Å²) in [6, 6.07) is 8.42. The van der Waals surface area contributed by atoms with E-state index in [2.05, 4.69) is 4.98 Å². The molecule has 0 fully saturated rings. The Morgan fingerprint density at radius 2 is 2.06 bits per heavy atom. The van der Waals surface area contributed by atoms with Gasteiger partial charge in [-0.05, 0) is 17.7 Å². The van der Waals surface area contributed by atoms with Crippen molar-refractivity contribution in [2.45, 2.75) is 5.92 Å². The number of nitrogens with zero attached hydrogens (tertiary/aromatic N) is 2. The van der Waals surface area contributed by atoms with Crippen LogP contribution in [0.25, 0.3) is 0 Å². The average molecular weight is 242 g/mol. The summed E-state index contributed by atoms with van der Waals surface area (Å²) in [7, 11) is 0. The first-order valence-electron chi connectivity index (χ1n) is 5.28. The van der Waals surface area contributed by atoms with Crippen LogP contribution < -0.4 is 11.5 Å². The third-order valence-electron chi connectivity index (χ3n) is 2.70. The van der Waals surface area contributed by atoms with E-state index in [-0.39, 0.29) is 16.9 Å². The van der Waals surface area contributed by atoms with Crippen molar-refractivity contribution in [3.8, 4) is 6.07 Å². The Bertz CT molecular complexity index is 604. The van der Waals surface area contributed by atoms with E-state index < -0.39 is 11.7 Å². The van der Waals surface area contributed by atoms with Gasteiger partial charge in [-0.25, -0.2) is 4.39 Å². The summed E-state index contributed by atoms with van der Waals surface area (Å²) in [4.78, 5) is 3.92. The van der Waals surface area contributed by atoms with Gasteiger partial charge in [0.15, 0.2) is 5.82 Å². The molecular weight excluding hydrogens is 231 g/mol. The summed E-state index contributed by atoms with van der Waals surface area (Å²) in [6.07, 6.45) is 3.12. The van der Waals surface area contributed by atoms with Crippen LogP contribution in [0.4, 0.5) is 15.8 Å². The number of pyridine rings is 1. The smallest absolute Gasteiger partial charge is 0.153 e. The van der Waals surface area contributed by atoms with Crippen LogP contribution in [0.15, 0.2) is 36.7 Å². The van der Waals surface area contributed by atoms with Crippen LogP contribution in [0.3, 0.4) is 0 Å². The van der Waals surface area contributed by atoms with Crippen LogP contribution in [0, 0.1) is 17.1 Å². The molecule has 0 saturated heterocycles. The number of aromatic nitrogens is 1. The second-order valence-corrected chi connectivity index (χ2v) is 3.82. The van der Waals surface area contributed by atoms with E-state index in [4.69, 9.17) is 11.5 Å². The molecule has 18 heavy (non-hydrogen) atoms. The predicted octanol–water partition coefficient (Wildman–Crippen LogP) is 2.04. The molecule has 0 aliphatic rings. The molecule has 0 spiro atoms. The maximum atomic E-state index is 14.0. The van der Waals surface area contributed by atoms with Gasteiger partial charge in [0.05, 0.1) is 17.4 Å². The SMILES string of the molecule is N#CC(c1cccnc1)c1ccc(N)c(N)c1F. The maximum absolute atomic E-state index is 14.0. The van der Waals surface area contributed by atoms with Gasteiger partial charge in [0.2, 0.25) is 0 Å². The molecule has 1 aromatic heterocycles. The van der Waals surface area contributed by atoms with Crippen molar-refractivity contribution >= 4 is 11.4 Å². The topological polar surface area (TPSA) is 88.7 Å². The Labute approximate surface area is 104 Å². The molecule has 0 aliphatic carbocycles. The molecule has 4 nitrogen and oxygen atoms in total. The second kappa shape index (κ2) is 4.72. The van der Waals surface area contributed by atoms with Gasteiger partial charge in [0.25, 0.3) is 0 Å². The van der Waals surface area contributed by atoms with Crippen molar-refractivity contribution in [3.05, 3.63) is 53.6 Å². The van der Waals surface area contributed by atoms with Gasteiger partial charge >= 0.3 is 0 Å². The first-order chi connectivity index (χ1) is 8.65. The number of nitrogen functional groups attached to an aromatic ring is 2. The summed E-state index contributed by atoms with van der Waals surface area (Å²) in [6.45, 7) is 0. The first-order valence-corrected chi connectivity index (χ1v) is 5.28. The fraction of sp³-hybridized carbons (Fsp3) is 0.0769. The standard InChI is InChI=1S/C13H11FN4/c14-12-9(3-4-11(16)13(12)17)10(6-15)8-2-1-5-18-7-8/h1-5,7,10H,16-17H2. The minimum absolute atomic E-state index is 0.128. The Kier molecular flexibility index (Phi) is 3.11. The molecule has 2 rings (SSSR count). The Morgan fingerprint density at radius 1 is 1.28 bits per heavy atom. The van der Waals surface area contributed by atoms with E-state index in [9.17, 15) is 9.65 Å². The number of nitriles is 1. The molecule has 0 amide bonds. The molecular formula is C13H11FN4. The van der Waals surface area contributed by atoms with E-state index in [1.54, 1.807) is 18.3 Å². The van der Waals surface area contributed by atoms with Crippen LogP contribution in [0.1, 0.15) is 17.0 Å². The zero-order chi connectivity index (χ0) is 13.1. The second-order valence-electron chi connectivity index (χ2n) is 3.82. The molecule has 1 aromatic carbocycles. The van der Waals surface area contributed by atoms with Crippen LogP contribution in [0.2, 0.25) is 0 Å². The summed E-state index contributed by atoms with van der Waals surface area (Å²) in [5, 5.41) is 9.20. The number of halogens is 1. The highest BCUT2D eigenvalue weighted by Gasteiger charge is 2.20. The highest BCUT2D eigenvalue weighted by molar-refractivity contribution is 5.66. The third kappa shape index (κ3) is 1.96. The number of benzene rings is 1. The lowest BCUT2D eigenvalue weighted by Gasteiger charge is -2.12. The van der Waals surface area contributed by atoms with Crippen molar-refractivity contribution in [2.24, 2.45) is 0 Å². The van der Waals surface area contributed by atoms with Crippen LogP contribution in [0.5, 0.6) is 0 Å². The number of rotatable bonds is 2. The number of hydrogen-bond acceptors (Lipinski definition) is 4. The van der Waals surface area contributed by atoms with E-state index in [1.165, 1.54) is 18.3 Å². The fourth-order valence-corrected chi connectivity index (χ4v) is 1.72. The number of anilines is 2. The van der Waals surface area contributed by atoms with Crippen LogP contribution in [-0.4, -0.2) is 4.98 Å². The minimum Gasteiger partial charge on any atom is -0.397 e. The Balaban J connectivity index is 2.54. The monoisotopic (exact) mass is 242 g/mol. The normalized spacial score (nSPS) is 11.8. The highest BCUT2D eigenvalue weighted by atomic mass is 19.1. The van der Waals surface area contributed by atoms with Gasteiger partial charge in [-0.3, -0.25) is 4.98 Å². The molecule has 90 valence electrons. The lowest BCUT2D eigenvalue weighted by molar-refractivity contribution is 0.614. The number of nitrogens with two attached hydrogens (primary N) is 2. The van der Waals surface area contributed by atoms with Crippen molar-refractivity contribution in [3.63, 3.8) is 0 Å². The van der Waals surface area contributed by atoms with Gasteiger partial charge in [-0.1, -0.05) is 12.1 Å². The van der Waals surface area contributed by atoms with Gasteiger partial charge < -0.3 is 11.5 Å². The summed E-state index contributed by atoms with van der Waals surface area (Å²) in [5.41, 5.74) is 11.9. The summed E-state index contributed by atoms with van der Waals surface area (Å²) < 4.78 is 14.0. The average Bonchev–Trinajstić information content (AvgIpc) is 2.41. The van der Waals surface area contributed by atoms with E-state index in [1.807, 2.05) is 6.07 Å². The maximum Gasteiger partial charge on any atom is 0.153 e. The minimum atomic E-state index is -0.749. The molecule has 0 aliphatic heterocycles. The molecule has 4 N–H and O–H groups in total. The van der Waals surface area contributed by atoms with Crippen molar-refractivity contribution in [2.75, 3.05) is 11.5 Å². The Hall–Kier alpha value is -2.61. The van der Waals surface area contributed by atoms with E-state index in [0.717, 1.165) is 0 Å². The molecule has 1 atom stereocenters. The fourth-order valence-electron chi connectivity index (χ4n) is 1.72. The Morgan fingerprint density at radius 3 is 2.67 bits per heavy atom. The molecule has 0 radical (unpaired) electrons. The van der Waals surface area contributed by atoms with Gasteiger partial charge in [-0.2, -0.15) is 5.26 Å². The lowest BCUT2D eigenvalue weighted by Crippen LogP contribution is -2.06. The largest absolute Gasteiger partial charge is 0.397 e. The molecule has 2 aromatic rings. The van der Waals surface area contributed by atoms with Crippen LogP contribution >= 0.6 is 0 Å². The van der Waals surface area contributed by atoms with Gasteiger partial charge in [-0.15, -0.1) is 0 Å². The highest BCUT2D eigenvalue weighted by Crippen LogP contribution is 2.30. The lowest BCUT2D eigenvalue weighted by atomic mass is 9.92. The zero-order valence-electron chi connectivity index (χ0n) is 9.47. The van der Waals surface area contributed by atoms with Crippen LogP contribution in [-0.2, 0) is 0 Å². The predicted molar refractivity (Wildman–Crippen MR) is 66.9 cm³/mol. The van der Waals surface area contributed by atoms with Gasteiger partial charge in [0.1, 0.15) is 5.92 Å². The van der Waals surface area contributed by atoms with Gasteiger partial charge in [0, 0.05) is 18.0 Å². The van der Waals surface area contributed by atoms with Crippen molar-refractivity contribution in [1.82, 2.24) is 4.98 Å². The first kappa shape index (κ1) is 11.9. The molecule has 1 unspecified atom stereocenters. The molecule has 0 saturated carbocycles. The zero-order valence-corrected chi connectivity index (χ0v) is 9.47. The van der Waals surface area contributed by atoms with E-state index >= 15 is 0 Å². The van der Waals surface area contributed by atoms with Crippen molar-refractivity contribution in [1.29, 1.82) is 5.26 Å². The third-order valence-corrected chi connectivity index (χ3v) is 2.70. The quantitative estimate of drug-likeness (QED) is 0.788. The summed E-state index contributed by atoms with van der Waals surface area (Å²) in [5.74, 6) is -1.40. The number of hydrogen-bond donors (Lipinski definition) is 2.